The van der Waals surface area contributed by atoms with E-state index in [1.165, 1.54) is 32.4 Å². The van der Waals surface area contributed by atoms with Crippen LogP contribution in [0.1, 0.15) is 59.3 Å². The fourth-order valence-corrected chi connectivity index (χ4v) is 2.71. The van der Waals surface area contributed by atoms with Gasteiger partial charge in [0.2, 0.25) is 0 Å². The zero-order valence-electron chi connectivity index (χ0n) is 14.4. The molecule has 0 aromatic heterocycles. The first-order chi connectivity index (χ1) is 10.1. The van der Waals surface area contributed by atoms with Crippen LogP contribution in [0.3, 0.4) is 0 Å². The van der Waals surface area contributed by atoms with Crippen LogP contribution in [0.25, 0.3) is 0 Å². The SMILES string of the molecule is CCCN(CCCCC(C)(NC)C(=O)OCC)CC1CC1. The fraction of sp³-hybridized carbons (Fsp3) is 0.941. The van der Waals surface area contributed by atoms with Crippen molar-refractivity contribution in [1.82, 2.24) is 10.2 Å². The molecule has 1 fully saturated rings. The molecule has 1 aliphatic rings. The van der Waals surface area contributed by atoms with E-state index in [0.717, 1.165) is 31.7 Å². The Morgan fingerprint density at radius 1 is 1.29 bits per heavy atom. The lowest BCUT2D eigenvalue weighted by molar-refractivity contribution is -0.150. The number of carbonyl (C=O) groups is 1. The van der Waals surface area contributed by atoms with Crippen molar-refractivity contribution < 1.29 is 9.53 Å². The lowest BCUT2D eigenvalue weighted by atomic mass is 9.95. The van der Waals surface area contributed by atoms with Crippen LogP contribution < -0.4 is 5.32 Å². The molecule has 1 rings (SSSR count). The third-order valence-corrected chi connectivity index (χ3v) is 4.43. The second kappa shape index (κ2) is 9.42. The van der Waals surface area contributed by atoms with Crippen LogP contribution in [0.2, 0.25) is 0 Å². The van der Waals surface area contributed by atoms with E-state index in [1.807, 2.05) is 20.9 Å². The molecule has 0 bridgehead atoms. The summed E-state index contributed by atoms with van der Waals surface area (Å²) in [5.41, 5.74) is -0.540. The van der Waals surface area contributed by atoms with Crippen molar-refractivity contribution in [2.24, 2.45) is 5.92 Å². The predicted octanol–water partition coefficient (Wildman–Crippen LogP) is 2.82. The summed E-state index contributed by atoms with van der Waals surface area (Å²) < 4.78 is 5.16. The van der Waals surface area contributed by atoms with Gasteiger partial charge in [-0.2, -0.15) is 0 Å². The minimum absolute atomic E-state index is 0.129. The molecule has 0 spiro atoms. The second-order valence-electron chi connectivity index (χ2n) is 6.50. The molecule has 124 valence electrons. The van der Waals surface area contributed by atoms with Crippen LogP contribution in [-0.4, -0.2) is 49.7 Å². The smallest absolute Gasteiger partial charge is 0.326 e. The maximum Gasteiger partial charge on any atom is 0.326 e. The first-order valence-electron chi connectivity index (χ1n) is 8.64. The Morgan fingerprint density at radius 2 is 2.00 bits per heavy atom. The van der Waals surface area contributed by atoms with Gasteiger partial charge in [0, 0.05) is 6.54 Å². The Kier molecular flexibility index (Phi) is 8.27. The van der Waals surface area contributed by atoms with Crippen molar-refractivity contribution in [3.8, 4) is 0 Å². The van der Waals surface area contributed by atoms with Crippen LogP contribution in [0.15, 0.2) is 0 Å². The van der Waals surface area contributed by atoms with Crippen molar-refractivity contribution >= 4 is 5.97 Å². The van der Waals surface area contributed by atoms with Gasteiger partial charge in [-0.15, -0.1) is 0 Å². The molecule has 1 unspecified atom stereocenters. The van der Waals surface area contributed by atoms with Gasteiger partial charge in [0.15, 0.2) is 0 Å². The highest BCUT2D eigenvalue weighted by Crippen LogP contribution is 2.29. The highest BCUT2D eigenvalue weighted by atomic mass is 16.5. The van der Waals surface area contributed by atoms with Gasteiger partial charge in [-0.3, -0.25) is 4.79 Å². The van der Waals surface area contributed by atoms with Crippen LogP contribution in [0.4, 0.5) is 0 Å². The lowest BCUT2D eigenvalue weighted by Crippen LogP contribution is -2.48. The molecule has 0 aliphatic heterocycles. The Hall–Kier alpha value is -0.610. The van der Waals surface area contributed by atoms with Crippen LogP contribution in [0.5, 0.6) is 0 Å². The van der Waals surface area contributed by atoms with Crippen LogP contribution >= 0.6 is 0 Å². The zero-order valence-corrected chi connectivity index (χ0v) is 14.4. The normalized spacial score (nSPS) is 17.8. The van der Waals surface area contributed by atoms with Gasteiger partial charge >= 0.3 is 5.97 Å². The summed E-state index contributed by atoms with van der Waals surface area (Å²) in [5.74, 6) is 0.828. The molecule has 0 aromatic carbocycles. The summed E-state index contributed by atoms with van der Waals surface area (Å²) in [6.45, 7) is 10.1. The zero-order chi connectivity index (χ0) is 15.7. The molecule has 0 heterocycles. The molecule has 0 radical (unpaired) electrons. The summed E-state index contributed by atoms with van der Waals surface area (Å²) in [6.07, 6.45) is 7.11. The van der Waals surface area contributed by atoms with E-state index >= 15 is 0 Å². The third kappa shape index (κ3) is 6.79. The Morgan fingerprint density at radius 3 is 2.52 bits per heavy atom. The van der Waals surface area contributed by atoms with E-state index in [-0.39, 0.29) is 5.97 Å². The van der Waals surface area contributed by atoms with Crippen molar-refractivity contribution in [2.75, 3.05) is 33.3 Å². The minimum Gasteiger partial charge on any atom is -0.465 e. The summed E-state index contributed by atoms with van der Waals surface area (Å²) in [5, 5.41) is 3.13. The summed E-state index contributed by atoms with van der Waals surface area (Å²) in [7, 11) is 1.84. The minimum atomic E-state index is -0.540. The monoisotopic (exact) mass is 298 g/mol. The topological polar surface area (TPSA) is 41.6 Å². The van der Waals surface area contributed by atoms with E-state index in [9.17, 15) is 4.79 Å². The average molecular weight is 298 g/mol. The number of likely N-dealkylation sites (N-methyl/N-ethyl adjacent to an activating group) is 1. The van der Waals surface area contributed by atoms with Gasteiger partial charge in [0.25, 0.3) is 0 Å². The molecule has 21 heavy (non-hydrogen) atoms. The molecular formula is C17H34N2O2. The number of rotatable bonds is 12. The molecule has 1 aliphatic carbocycles. The maximum absolute atomic E-state index is 12.0. The van der Waals surface area contributed by atoms with E-state index < -0.39 is 5.54 Å². The van der Waals surface area contributed by atoms with Crippen molar-refractivity contribution in [3.63, 3.8) is 0 Å². The average Bonchev–Trinajstić information content (AvgIpc) is 3.27. The largest absolute Gasteiger partial charge is 0.465 e. The third-order valence-electron chi connectivity index (χ3n) is 4.43. The lowest BCUT2D eigenvalue weighted by Gasteiger charge is -2.27. The molecule has 1 saturated carbocycles. The fourth-order valence-electron chi connectivity index (χ4n) is 2.71. The van der Waals surface area contributed by atoms with E-state index in [2.05, 4.69) is 17.1 Å². The van der Waals surface area contributed by atoms with Crippen molar-refractivity contribution in [2.45, 2.75) is 64.8 Å². The molecular weight excluding hydrogens is 264 g/mol. The summed E-state index contributed by atoms with van der Waals surface area (Å²) in [4.78, 5) is 14.6. The van der Waals surface area contributed by atoms with Crippen molar-refractivity contribution in [3.05, 3.63) is 0 Å². The number of hydrogen-bond donors (Lipinski definition) is 1. The molecule has 1 atom stereocenters. The Bertz CT molecular complexity index is 305. The van der Waals surface area contributed by atoms with E-state index in [0.29, 0.717) is 6.61 Å². The van der Waals surface area contributed by atoms with Gasteiger partial charge < -0.3 is 15.0 Å². The van der Waals surface area contributed by atoms with Crippen molar-refractivity contribution in [1.29, 1.82) is 0 Å². The van der Waals surface area contributed by atoms with Gasteiger partial charge in [-0.25, -0.2) is 0 Å². The highest BCUT2D eigenvalue weighted by Gasteiger charge is 2.32. The van der Waals surface area contributed by atoms with Gasteiger partial charge in [-0.1, -0.05) is 6.92 Å². The molecule has 4 nitrogen and oxygen atoms in total. The number of nitrogens with zero attached hydrogens (tertiary/aromatic N) is 1. The second-order valence-corrected chi connectivity index (χ2v) is 6.50. The summed E-state index contributed by atoms with van der Waals surface area (Å²) in [6, 6.07) is 0. The summed E-state index contributed by atoms with van der Waals surface area (Å²) >= 11 is 0. The van der Waals surface area contributed by atoms with E-state index in [4.69, 9.17) is 4.74 Å². The molecule has 0 saturated heterocycles. The first-order valence-corrected chi connectivity index (χ1v) is 8.64. The molecule has 4 heteroatoms. The van der Waals surface area contributed by atoms with Gasteiger partial charge in [-0.05, 0) is 78.4 Å². The quantitative estimate of drug-likeness (QED) is 0.444. The first kappa shape index (κ1) is 18.4. The molecule has 1 N–H and O–H groups in total. The standard InChI is InChI=1S/C17H34N2O2/c1-5-12-19(14-15-9-10-15)13-8-7-11-17(3,18-4)16(20)21-6-2/h15,18H,5-14H2,1-4H3. The highest BCUT2D eigenvalue weighted by molar-refractivity contribution is 5.80. The number of unbranched alkanes of at least 4 members (excludes halogenated alkanes) is 1. The Labute approximate surface area is 130 Å². The van der Waals surface area contributed by atoms with Gasteiger partial charge in [0.1, 0.15) is 5.54 Å². The number of esters is 1. The maximum atomic E-state index is 12.0. The van der Waals surface area contributed by atoms with Crippen LogP contribution in [0, 0.1) is 5.92 Å². The predicted molar refractivity (Wildman–Crippen MR) is 87.4 cm³/mol. The number of carbonyl (C=O) groups excluding carboxylic acids is 1. The van der Waals surface area contributed by atoms with Gasteiger partial charge in [0.05, 0.1) is 6.61 Å². The number of nitrogens with one attached hydrogen (secondary N) is 1. The number of hydrogen-bond acceptors (Lipinski definition) is 4. The number of ether oxygens (including phenoxy) is 1. The Balaban J connectivity index is 2.27. The van der Waals surface area contributed by atoms with Crippen LogP contribution in [-0.2, 0) is 9.53 Å². The molecule has 0 amide bonds. The molecule has 0 aromatic rings. The van der Waals surface area contributed by atoms with E-state index in [1.54, 1.807) is 0 Å².